The maximum atomic E-state index is 6.27. The van der Waals surface area contributed by atoms with E-state index in [1.807, 2.05) is 35.9 Å². The van der Waals surface area contributed by atoms with E-state index in [4.69, 9.17) is 5.73 Å². The lowest BCUT2D eigenvalue weighted by molar-refractivity contribution is 0.501. The molecule has 0 spiro atoms. The maximum Gasteiger partial charge on any atom is 0.0537 e. The molecule has 78 valence electrons. The van der Waals surface area contributed by atoms with Crippen molar-refractivity contribution in [2.45, 2.75) is 30.6 Å². The molecular formula is C10H17N3S. The van der Waals surface area contributed by atoms with Gasteiger partial charge in [0.1, 0.15) is 0 Å². The largest absolute Gasteiger partial charge is 0.323 e. The molecule has 0 amide bonds. The van der Waals surface area contributed by atoms with Crippen molar-refractivity contribution in [2.24, 2.45) is 12.8 Å². The highest BCUT2D eigenvalue weighted by Gasteiger charge is 2.36. The van der Waals surface area contributed by atoms with Crippen LogP contribution in [0.1, 0.15) is 31.4 Å². The van der Waals surface area contributed by atoms with E-state index >= 15 is 0 Å². The van der Waals surface area contributed by atoms with E-state index in [2.05, 4.69) is 12.0 Å². The molecule has 0 aromatic carbocycles. The second-order valence-electron chi connectivity index (χ2n) is 4.19. The Balaban J connectivity index is 2.18. The lowest BCUT2D eigenvalue weighted by Gasteiger charge is -2.29. The summed E-state index contributed by atoms with van der Waals surface area (Å²) in [5.41, 5.74) is 7.43. The van der Waals surface area contributed by atoms with Gasteiger partial charge in [0.2, 0.25) is 0 Å². The van der Waals surface area contributed by atoms with Crippen molar-refractivity contribution in [1.82, 2.24) is 9.78 Å². The van der Waals surface area contributed by atoms with Crippen LogP contribution in [0.2, 0.25) is 0 Å². The number of rotatable bonds is 2. The normalized spacial score (nSPS) is 29.4. The first kappa shape index (κ1) is 10.1. The zero-order valence-corrected chi connectivity index (χ0v) is 9.55. The monoisotopic (exact) mass is 211 g/mol. The summed E-state index contributed by atoms with van der Waals surface area (Å²) < 4.78 is 2.03. The molecule has 1 aliphatic heterocycles. The van der Waals surface area contributed by atoms with Crippen molar-refractivity contribution < 1.29 is 0 Å². The molecule has 2 heterocycles. The lowest BCUT2D eigenvalue weighted by atomic mass is 9.93. The maximum absolute atomic E-state index is 6.27. The van der Waals surface area contributed by atoms with E-state index in [0.717, 1.165) is 5.56 Å². The smallest absolute Gasteiger partial charge is 0.0537 e. The standard InChI is InChI=1S/C10H17N3S/c1-10(4-3-5-14-10)9(11)8-6-12-13(2)7-8/h6-7,9H,3-5,11H2,1-2H3. The third kappa shape index (κ3) is 1.68. The second kappa shape index (κ2) is 3.59. The zero-order chi connectivity index (χ0) is 10.2. The van der Waals surface area contributed by atoms with Gasteiger partial charge in [-0.05, 0) is 25.5 Å². The molecule has 1 aromatic rings. The molecule has 0 radical (unpaired) electrons. The van der Waals surface area contributed by atoms with Crippen LogP contribution in [0.5, 0.6) is 0 Å². The highest BCUT2D eigenvalue weighted by Crippen LogP contribution is 2.45. The third-order valence-corrected chi connectivity index (χ3v) is 4.60. The van der Waals surface area contributed by atoms with Gasteiger partial charge in [0.15, 0.2) is 0 Å². The van der Waals surface area contributed by atoms with Gasteiger partial charge in [-0.15, -0.1) is 0 Å². The SMILES string of the molecule is Cn1cc(C(N)C2(C)CCCS2)cn1. The molecular weight excluding hydrogens is 194 g/mol. The predicted molar refractivity (Wildman–Crippen MR) is 60.2 cm³/mol. The molecule has 2 N–H and O–H groups in total. The number of hydrogen-bond acceptors (Lipinski definition) is 3. The summed E-state index contributed by atoms with van der Waals surface area (Å²) in [4.78, 5) is 0. The molecule has 2 atom stereocenters. The number of aromatic nitrogens is 2. The van der Waals surface area contributed by atoms with Crippen LogP contribution >= 0.6 is 11.8 Å². The number of aryl methyl sites for hydroxylation is 1. The summed E-state index contributed by atoms with van der Waals surface area (Å²) in [5, 5.41) is 4.17. The van der Waals surface area contributed by atoms with Crippen molar-refractivity contribution in [2.75, 3.05) is 5.75 Å². The Morgan fingerprint density at radius 2 is 2.50 bits per heavy atom. The van der Waals surface area contributed by atoms with E-state index in [0.29, 0.717) is 0 Å². The predicted octanol–water partition coefficient (Wildman–Crippen LogP) is 1.71. The van der Waals surface area contributed by atoms with E-state index in [-0.39, 0.29) is 10.8 Å². The van der Waals surface area contributed by atoms with E-state index < -0.39 is 0 Å². The van der Waals surface area contributed by atoms with Crippen molar-refractivity contribution in [1.29, 1.82) is 0 Å². The van der Waals surface area contributed by atoms with Crippen LogP contribution in [0.25, 0.3) is 0 Å². The van der Waals surface area contributed by atoms with Crippen LogP contribution < -0.4 is 5.73 Å². The number of nitrogens with zero attached hydrogens (tertiary/aromatic N) is 2. The molecule has 2 unspecified atom stereocenters. The summed E-state index contributed by atoms with van der Waals surface area (Å²) in [6, 6.07) is 0.115. The minimum absolute atomic E-state index is 0.115. The molecule has 1 saturated heterocycles. The quantitative estimate of drug-likeness (QED) is 0.810. The summed E-state index contributed by atoms with van der Waals surface area (Å²) >= 11 is 1.99. The highest BCUT2D eigenvalue weighted by molar-refractivity contribution is 8.00. The van der Waals surface area contributed by atoms with Gasteiger partial charge in [0, 0.05) is 29.6 Å². The van der Waals surface area contributed by atoms with Gasteiger partial charge in [-0.3, -0.25) is 4.68 Å². The zero-order valence-electron chi connectivity index (χ0n) is 8.73. The van der Waals surface area contributed by atoms with Crippen LogP contribution in [0.3, 0.4) is 0 Å². The van der Waals surface area contributed by atoms with Crippen LogP contribution in [0.4, 0.5) is 0 Å². The van der Waals surface area contributed by atoms with Crippen LogP contribution in [-0.2, 0) is 7.05 Å². The Morgan fingerprint density at radius 1 is 1.71 bits per heavy atom. The fourth-order valence-corrected chi connectivity index (χ4v) is 3.36. The Bertz CT molecular complexity index is 315. The fourth-order valence-electron chi connectivity index (χ4n) is 2.00. The molecule has 0 saturated carbocycles. The van der Waals surface area contributed by atoms with Crippen LogP contribution in [0.15, 0.2) is 12.4 Å². The van der Waals surface area contributed by atoms with Gasteiger partial charge in [-0.25, -0.2) is 0 Å². The highest BCUT2D eigenvalue weighted by atomic mass is 32.2. The second-order valence-corrected chi connectivity index (χ2v) is 5.82. The van der Waals surface area contributed by atoms with Crippen LogP contribution in [0, 0.1) is 0 Å². The molecule has 3 nitrogen and oxygen atoms in total. The van der Waals surface area contributed by atoms with Gasteiger partial charge < -0.3 is 5.73 Å². The summed E-state index contributed by atoms with van der Waals surface area (Å²) in [7, 11) is 1.93. The Hall–Kier alpha value is -0.480. The molecule has 1 aliphatic rings. The van der Waals surface area contributed by atoms with Crippen molar-refractivity contribution in [3.63, 3.8) is 0 Å². The lowest BCUT2D eigenvalue weighted by Crippen LogP contribution is -2.32. The Labute approximate surface area is 89.1 Å². The molecule has 0 aliphatic carbocycles. The van der Waals surface area contributed by atoms with E-state index in [9.17, 15) is 0 Å². The van der Waals surface area contributed by atoms with Gasteiger partial charge in [-0.2, -0.15) is 16.9 Å². The summed E-state index contributed by atoms with van der Waals surface area (Å²) in [6.07, 6.45) is 6.41. The van der Waals surface area contributed by atoms with Gasteiger partial charge >= 0.3 is 0 Å². The van der Waals surface area contributed by atoms with Crippen molar-refractivity contribution in [3.8, 4) is 0 Å². The van der Waals surface area contributed by atoms with Gasteiger partial charge in [0.05, 0.1) is 6.20 Å². The average molecular weight is 211 g/mol. The first-order chi connectivity index (χ1) is 6.62. The van der Waals surface area contributed by atoms with E-state index in [1.165, 1.54) is 18.6 Å². The summed E-state index contributed by atoms with van der Waals surface area (Å²) in [5.74, 6) is 1.24. The van der Waals surface area contributed by atoms with E-state index in [1.54, 1.807) is 0 Å². The molecule has 14 heavy (non-hydrogen) atoms. The minimum atomic E-state index is 0.115. The van der Waals surface area contributed by atoms with Gasteiger partial charge in [-0.1, -0.05) is 0 Å². The van der Waals surface area contributed by atoms with Crippen molar-refractivity contribution >= 4 is 11.8 Å². The van der Waals surface area contributed by atoms with Crippen LogP contribution in [-0.4, -0.2) is 20.3 Å². The first-order valence-corrected chi connectivity index (χ1v) is 5.98. The van der Waals surface area contributed by atoms with Crippen molar-refractivity contribution in [3.05, 3.63) is 18.0 Å². The Morgan fingerprint density at radius 3 is 3.00 bits per heavy atom. The number of thioether (sulfide) groups is 1. The van der Waals surface area contributed by atoms with Gasteiger partial charge in [0.25, 0.3) is 0 Å². The topological polar surface area (TPSA) is 43.8 Å². The molecule has 4 heteroatoms. The minimum Gasteiger partial charge on any atom is -0.323 e. The first-order valence-electron chi connectivity index (χ1n) is 5.00. The number of nitrogens with two attached hydrogens (primary N) is 1. The molecule has 0 bridgehead atoms. The molecule has 1 fully saturated rings. The summed E-state index contributed by atoms with van der Waals surface area (Å²) in [6.45, 7) is 2.27. The Kier molecular flexibility index (Phi) is 2.58. The number of hydrogen-bond donors (Lipinski definition) is 1. The fraction of sp³-hybridized carbons (Fsp3) is 0.700. The molecule has 2 rings (SSSR count). The third-order valence-electron chi connectivity index (χ3n) is 2.99. The average Bonchev–Trinajstić information content (AvgIpc) is 2.74. The molecule has 1 aromatic heterocycles.